The minimum absolute atomic E-state index is 0.112. The second-order valence-corrected chi connectivity index (χ2v) is 10.3. The van der Waals surface area contributed by atoms with Crippen molar-refractivity contribution in [3.05, 3.63) is 41.2 Å². The Morgan fingerprint density at radius 3 is 2.55 bits per heavy atom. The third-order valence-electron chi connectivity index (χ3n) is 7.60. The highest BCUT2D eigenvalue weighted by Crippen LogP contribution is 2.36. The number of hydrogen-bond donors (Lipinski definition) is 1. The lowest BCUT2D eigenvalue weighted by Gasteiger charge is -2.44. The number of ether oxygens (including phenoxy) is 1. The van der Waals surface area contributed by atoms with Gasteiger partial charge in [-0.25, -0.2) is 23.0 Å². The summed E-state index contributed by atoms with van der Waals surface area (Å²) in [6.07, 6.45) is 0.360. The van der Waals surface area contributed by atoms with Crippen molar-refractivity contribution in [1.82, 2.24) is 9.80 Å². The number of amides is 3. The van der Waals surface area contributed by atoms with Gasteiger partial charge in [-0.05, 0) is 51.9 Å². The van der Waals surface area contributed by atoms with Crippen LogP contribution in [0, 0.1) is 11.7 Å². The van der Waals surface area contributed by atoms with Crippen molar-refractivity contribution in [2.24, 2.45) is 10.9 Å². The van der Waals surface area contributed by atoms with E-state index in [-0.39, 0.29) is 36.5 Å². The number of alkyl halides is 2. The molecule has 9 nitrogen and oxygen atoms in total. The van der Waals surface area contributed by atoms with Crippen LogP contribution < -0.4 is 10.2 Å². The summed E-state index contributed by atoms with van der Waals surface area (Å²) in [4.78, 5) is 46.4. The molecule has 1 fully saturated rings. The number of likely N-dealkylation sites (N-methyl/N-ethyl adjacent to an activating group) is 1. The summed E-state index contributed by atoms with van der Waals surface area (Å²) in [5.74, 6) is -3.68. The van der Waals surface area contributed by atoms with Gasteiger partial charge in [0.05, 0.1) is 18.0 Å². The minimum Gasteiger partial charge on any atom is -0.450 e. The summed E-state index contributed by atoms with van der Waals surface area (Å²) >= 11 is 0. The molecule has 0 spiro atoms. The molecule has 0 saturated carbocycles. The molecule has 1 aromatic carbocycles. The van der Waals surface area contributed by atoms with Crippen LogP contribution in [0.1, 0.15) is 32.8 Å². The van der Waals surface area contributed by atoms with Crippen LogP contribution in [-0.2, 0) is 14.3 Å². The maximum atomic E-state index is 15.7. The van der Waals surface area contributed by atoms with Gasteiger partial charge >= 0.3 is 6.09 Å². The fourth-order valence-electron chi connectivity index (χ4n) is 5.21. The molecule has 3 aliphatic heterocycles. The molecule has 216 valence electrons. The molecule has 4 rings (SSSR count). The van der Waals surface area contributed by atoms with Gasteiger partial charge in [0, 0.05) is 61.7 Å². The Morgan fingerprint density at radius 1 is 1.20 bits per heavy atom. The van der Waals surface area contributed by atoms with Gasteiger partial charge in [-0.2, -0.15) is 0 Å². The molecule has 1 N–H and O–H groups in total. The molecule has 40 heavy (non-hydrogen) atoms. The van der Waals surface area contributed by atoms with Gasteiger partial charge in [-0.15, -0.1) is 0 Å². The number of carbonyl (C=O) groups is 3. The van der Waals surface area contributed by atoms with Gasteiger partial charge in [0.2, 0.25) is 5.91 Å². The van der Waals surface area contributed by atoms with Crippen molar-refractivity contribution in [3.8, 4) is 0 Å². The molecule has 12 heteroatoms. The predicted molar refractivity (Wildman–Crippen MR) is 146 cm³/mol. The highest BCUT2D eigenvalue weighted by molar-refractivity contribution is 6.11. The Kier molecular flexibility index (Phi) is 8.97. The standard InChI is InChI=1S/C28H34F3N5O4/c1-5-40-28(39)35-8-6-7-18(15-35)19-9-23(33-27(38)21-12-32-25(37)10-20(21)26(30)31)24(11-22(19)29)36-13-16(2)34(4)17(3)14-36/h7,9-12,16-17,21,26H,5-6,8,13-15H2,1-4H3,(H,33,38)/t16-,17+,21?. The van der Waals surface area contributed by atoms with Crippen molar-refractivity contribution in [2.45, 2.75) is 45.7 Å². The summed E-state index contributed by atoms with van der Waals surface area (Å²) < 4.78 is 48.2. The summed E-state index contributed by atoms with van der Waals surface area (Å²) in [5.41, 5.74) is 0.713. The molecule has 3 heterocycles. The number of benzene rings is 1. The molecule has 1 unspecified atom stereocenters. The molecule has 1 saturated heterocycles. The maximum Gasteiger partial charge on any atom is 0.410 e. The topological polar surface area (TPSA) is 94.5 Å². The molecule has 0 bridgehead atoms. The van der Waals surface area contributed by atoms with E-state index in [1.807, 2.05) is 31.9 Å². The zero-order valence-electron chi connectivity index (χ0n) is 23.0. The summed E-state index contributed by atoms with van der Waals surface area (Å²) in [5, 5.41) is 2.71. The third-order valence-corrected chi connectivity index (χ3v) is 7.60. The number of hydrogen-bond acceptors (Lipinski definition) is 6. The van der Waals surface area contributed by atoms with Gasteiger partial charge in [0.1, 0.15) is 11.7 Å². The van der Waals surface area contributed by atoms with Crippen LogP contribution in [0.25, 0.3) is 5.57 Å². The second kappa shape index (κ2) is 12.2. The number of rotatable bonds is 6. The average Bonchev–Trinajstić information content (AvgIpc) is 2.92. The predicted octanol–water partition coefficient (Wildman–Crippen LogP) is 3.96. The number of carbonyl (C=O) groups excluding carboxylic acids is 3. The van der Waals surface area contributed by atoms with E-state index in [9.17, 15) is 23.2 Å². The molecule has 3 atom stereocenters. The van der Waals surface area contributed by atoms with E-state index in [2.05, 4.69) is 15.2 Å². The zero-order chi connectivity index (χ0) is 29.1. The molecular formula is C28H34F3N5O4. The van der Waals surface area contributed by atoms with Crippen LogP contribution in [0.2, 0.25) is 0 Å². The first-order chi connectivity index (χ1) is 19.0. The Hall–Kier alpha value is -3.67. The summed E-state index contributed by atoms with van der Waals surface area (Å²) in [6.45, 7) is 7.61. The van der Waals surface area contributed by atoms with Gasteiger partial charge in [0.25, 0.3) is 12.3 Å². The number of aliphatic imine (C=N–C) groups is 1. The molecule has 3 aliphatic rings. The Bertz CT molecular complexity index is 1250. The van der Waals surface area contributed by atoms with Crippen LogP contribution >= 0.6 is 0 Å². The van der Waals surface area contributed by atoms with Gasteiger partial charge in [-0.1, -0.05) is 6.08 Å². The fourth-order valence-corrected chi connectivity index (χ4v) is 5.21. The molecule has 3 amide bonds. The van der Waals surface area contributed by atoms with Crippen molar-refractivity contribution in [3.63, 3.8) is 0 Å². The Labute approximate surface area is 231 Å². The van der Waals surface area contributed by atoms with Gasteiger partial charge in [0.15, 0.2) is 0 Å². The van der Waals surface area contributed by atoms with Crippen LogP contribution in [0.5, 0.6) is 0 Å². The smallest absolute Gasteiger partial charge is 0.410 e. The molecule has 0 aliphatic carbocycles. The Morgan fingerprint density at radius 2 is 1.90 bits per heavy atom. The van der Waals surface area contributed by atoms with E-state index >= 15 is 4.39 Å². The van der Waals surface area contributed by atoms with E-state index in [4.69, 9.17) is 4.74 Å². The monoisotopic (exact) mass is 561 g/mol. The first kappa shape index (κ1) is 29.3. The normalized spacial score (nSPS) is 23.7. The second-order valence-electron chi connectivity index (χ2n) is 10.3. The van der Waals surface area contributed by atoms with Crippen LogP contribution in [0.3, 0.4) is 0 Å². The summed E-state index contributed by atoms with van der Waals surface area (Å²) in [7, 11) is 2.01. The number of halogens is 3. The Balaban J connectivity index is 1.72. The minimum atomic E-state index is -3.03. The molecule has 0 radical (unpaired) electrons. The number of piperazine rings is 1. The quantitative estimate of drug-likeness (QED) is 0.565. The molecule has 0 aromatic heterocycles. The van der Waals surface area contributed by atoms with Crippen LogP contribution in [0.15, 0.2) is 34.9 Å². The van der Waals surface area contributed by atoms with E-state index in [1.54, 1.807) is 6.92 Å². The lowest BCUT2D eigenvalue weighted by atomic mass is 9.96. The largest absolute Gasteiger partial charge is 0.450 e. The van der Waals surface area contributed by atoms with Crippen LogP contribution in [-0.4, -0.2) is 92.3 Å². The van der Waals surface area contributed by atoms with Gasteiger partial charge in [-0.3, -0.25) is 14.5 Å². The SMILES string of the molecule is CCOC(=O)N1CCC=C(c2cc(NC(=O)C3C=NC(=O)C=C3C(F)F)c(N3C[C@@H](C)N(C)[C@@H](C)C3)cc2F)C1. The van der Waals surface area contributed by atoms with Crippen molar-refractivity contribution in [2.75, 3.05) is 50.1 Å². The third kappa shape index (κ3) is 6.22. The first-order valence-corrected chi connectivity index (χ1v) is 13.3. The lowest BCUT2D eigenvalue weighted by molar-refractivity contribution is -0.117. The van der Waals surface area contributed by atoms with Gasteiger partial charge < -0.3 is 19.9 Å². The van der Waals surface area contributed by atoms with Crippen molar-refractivity contribution < 1.29 is 32.3 Å². The molecular weight excluding hydrogens is 527 g/mol. The van der Waals surface area contributed by atoms with E-state index in [0.29, 0.717) is 43.4 Å². The number of nitrogens with zero attached hydrogens (tertiary/aromatic N) is 4. The highest BCUT2D eigenvalue weighted by atomic mass is 19.3. The number of dihydropyridines is 1. The highest BCUT2D eigenvalue weighted by Gasteiger charge is 2.33. The zero-order valence-corrected chi connectivity index (χ0v) is 23.0. The van der Waals surface area contributed by atoms with Crippen molar-refractivity contribution in [1.29, 1.82) is 0 Å². The average molecular weight is 562 g/mol. The van der Waals surface area contributed by atoms with Crippen LogP contribution in [0.4, 0.5) is 29.3 Å². The van der Waals surface area contributed by atoms with E-state index in [1.165, 1.54) is 17.0 Å². The number of nitrogens with one attached hydrogen (secondary N) is 1. The number of anilines is 2. The van der Waals surface area contributed by atoms with E-state index in [0.717, 1.165) is 6.21 Å². The lowest BCUT2D eigenvalue weighted by Crippen LogP contribution is -2.55. The summed E-state index contributed by atoms with van der Waals surface area (Å²) in [6, 6.07) is 3.06. The fraction of sp³-hybridized carbons (Fsp3) is 0.500. The maximum absolute atomic E-state index is 15.7. The first-order valence-electron chi connectivity index (χ1n) is 13.3. The molecule has 1 aromatic rings. The van der Waals surface area contributed by atoms with Crippen molar-refractivity contribution >= 4 is 41.1 Å². The van der Waals surface area contributed by atoms with E-state index < -0.39 is 41.6 Å².